The van der Waals surface area contributed by atoms with Crippen LogP contribution in [0.1, 0.15) is 21.9 Å². The maximum Gasteiger partial charge on any atom is 0.165 e. The predicted octanol–water partition coefficient (Wildman–Crippen LogP) is 5.40. The SMILES string of the molecule is COc1ccccc1[C@@H]1COC(c2ccccc2)(c2ccccc2)S1. The summed E-state index contributed by atoms with van der Waals surface area (Å²) in [6.45, 7) is 0.648. The lowest BCUT2D eigenvalue weighted by Gasteiger charge is -2.29. The maximum atomic E-state index is 6.49. The van der Waals surface area contributed by atoms with Crippen LogP contribution < -0.4 is 4.74 Å². The summed E-state index contributed by atoms with van der Waals surface area (Å²) < 4.78 is 12.1. The van der Waals surface area contributed by atoms with Crippen molar-refractivity contribution in [3.05, 3.63) is 102 Å². The molecular formula is C22H20O2S. The summed E-state index contributed by atoms with van der Waals surface area (Å²) in [6.07, 6.45) is 0. The van der Waals surface area contributed by atoms with Gasteiger partial charge in [-0.1, -0.05) is 78.9 Å². The molecule has 0 spiro atoms. The van der Waals surface area contributed by atoms with E-state index in [4.69, 9.17) is 9.47 Å². The van der Waals surface area contributed by atoms with E-state index in [0.29, 0.717) is 6.61 Å². The zero-order valence-electron chi connectivity index (χ0n) is 14.1. The molecule has 4 rings (SSSR count). The molecule has 0 aliphatic carbocycles. The Morgan fingerprint density at radius 1 is 0.840 bits per heavy atom. The summed E-state index contributed by atoms with van der Waals surface area (Å²) in [6, 6.07) is 29.1. The average molecular weight is 348 g/mol. The van der Waals surface area contributed by atoms with Crippen molar-refractivity contribution in [2.45, 2.75) is 10.2 Å². The molecule has 0 radical (unpaired) electrons. The van der Waals surface area contributed by atoms with Crippen molar-refractivity contribution >= 4 is 11.8 Å². The molecule has 2 nitrogen and oxygen atoms in total. The van der Waals surface area contributed by atoms with Crippen molar-refractivity contribution in [1.29, 1.82) is 0 Å². The minimum atomic E-state index is -0.492. The molecule has 3 aromatic carbocycles. The quantitative estimate of drug-likeness (QED) is 0.629. The van der Waals surface area contributed by atoms with Gasteiger partial charge in [-0.15, -0.1) is 11.8 Å². The number of hydrogen-bond donors (Lipinski definition) is 0. The fraction of sp³-hybridized carbons (Fsp3) is 0.182. The fourth-order valence-corrected chi connectivity index (χ4v) is 4.87. The highest BCUT2D eigenvalue weighted by Crippen LogP contribution is 2.57. The largest absolute Gasteiger partial charge is 0.496 e. The van der Waals surface area contributed by atoms with Crippen molar-refractivity contribution in [3.8, 4) is 5.75 Å². The van der Waals surface area contributed by atoms with Crippen LogP contribution in [0.2, 0.25) is 0 Å². The van der Waals surface area contributed by atoms with Crippen molar-refractivity contribution in [2.24, 2.45) is 0 Å². The van der Waals surface area contributed by atoms with Crippen molar-refractivity contribution in [1.82, 2.24) is 0 Å². The van der Waals surface area contributed by atoms with Gasteiger partial charge in [0.05, 0.1) is 19.0 Å². The molecule has 1 saturated heterocycles. The van der Waals surface area contributed by atoms with Gasteiger partial charge in [0.2, 0.25) is 0 Å². The van der Waals surface area contributed by atoms with Crippen LogP contribution >= 0.6 is 11.8 Å². The molecule has 25 heavy (non-hydrogen) atoms. The van der Waals surface area contributed by atoms with E-state index < -0.39 is 4.93 Å². The van der Waals surface area contributed by atoms with Gasteiger partial charge in [0.15, 0.2) is 4.93 Å². The normalized spacial score (nSPS) is 18.8. The third kappa shape index (κ3) is 2.94. The molecule has 3 aromatic rings. The zero-order valence-corrected chi connectivity index (χ0v) is 14.9. The van der Waals surface area contributed by atoms with Crippen LogP contribution in [0, 0.1) is 0 Å². The molecule has 0 N–H and O–H groups in total. The van der Waals surface area contributed by atoms with Crippen LogP contribution in [0.15, 0.2) is 84.9 Å². The van der Waals surface area contributed by atoms with Crippen LogP contribution in [0.3, 0.4) is 0 Å². The predicted molar refractivity (Wildman–Crippen MR) is 103 cm³/mol. The molecule has 0 bridgehead atoms. The van der Waals surface area contributed by atoms with E-state index in [1.54, 1.807) is 7.11 Å². The van der Waals surface area contributed by atoms with Gasteiger partial charge in [-0.25, -0.2) is 0 Å². The first-order valence-corrected chi connectivity index (χ1v) is 9.27. The van der Waals surface area contributed by atoms with E-state index in [1.165, 1.54) is 16.7 Å². The lowest BCUT2D eigenvalue weighted by atomic mass is 10.0. The zero-order chi connectivity index (χ0) is 17.1. The van der Waals surface area contributed by atoms with Crippen molar-refractivity contribution < 1.29 is 9.47 Å². The van der Waals surface area contributed by atoms with E-state index in [-0.39, 0.29) is 5.25 Å². The first-order valence-electron chi connectivity index (χ1n) is 8.39. The highest BCUT2D eigenvalue weighted by Gasteiger charge is 2.45. The number of rotatable bonds is 4. The maximum absolute atomic E-state index is 6.49. The van der Waals surface area contributed by atoms with Gasteiger partial charge in [0, 0.05) is 5.56 Å². The van der Waals surface area contributed by atoms with Crippen molar-refractivity contribution in [2.75, 3.05) is 13.7 Å². The van der Waals surface area contributed by atoms with E-state index >= 15 is 0 Å². The molecule has 0 amide bonds. The lowest BCUT2D eigenvalue weighted by Crippen LogP contribution is -2.22. The molecule has 1 fully saturated rings. The summed E-state index contributed by atoms with van der Waals surface area (Å²) in [5.74, 6) is 0.917. The first-order chi connectivity index (χ1) is 12.3. The smallest absolute Gasteiger partial charge is 0.165 e. The molecule has 126 valence electrons. The number of para-hydroxylation sites is 1. The van der Waals surface area contributed by atoms with Gasteiger partial charge in [-0.3, -0.25) is 0 Å². The monoisotopic (exact) mass is 348 g/mol. The number of methoxy groups -OCH3 is 1. The van der Waals surface area contributed by atoms with E-state index in [1.807, 2.05) is 36.0 Å². The van der Waals surface area contributed by atoms with Gasteiger partial charge in [-0.2, -0.15) is 0 Å². The van der Waals surface area contributed by atoms with Crippen LogP contribution in [-0.4, -0.2) is 13.7 Å². The molecule has 1 aliphatic heterocycles. The Bertz CT molecular complexity index is 793. The molecule has 1 heterocycles. The Labute approximate surface area is 152 Å². The van der Waals surface area contributed by atoms with Gasteiger partial charge < -0.3 is 9.47 Å². The molecule has 3 heteroatoms. The average Bonchev–Trinajstić information content (AvgIpc) is 3.16. The molecule has 0 unspecified atom stereocenters. The molecule has 0 aromatic heterocycles. The summed E-state index contributed by atoms with van der Waals surface area (Å²) in [5, 5.41) is 0.219. The van der Waals surface area contributed by atoms with E-state index in [0.717, 1.165) is 5.75 Å². The van der Waals surface area contributed by atoms with Gasteiger partial charge in [0.25, 0.3) is 0 Å². The minimum absolute atomic E-state index is 0.219. The Kier molecular flexibility index (Phi) is 4.51. The number of thioether (sulfide) groups is 1. The Hall–Kier alpha value is -2.23. The van der Waals surface area contributed by atoms with Crippen molar-refractivity contribution in [3.63, 3.8) is 0 Å². The first kappa shape index (κ1) is 16.2. The van der Waals surface area contributed by atoms with Crippen LogP contribution in [0.4, 0.5) is 0 Å². The summed E-state index contributed by atoms with van der Waals surface area (Å²) in [7, 11) is 1.72. The Morgan fingerprint density at radius 3 is 2.00 bits per heavy atom. The third-order valence-electron chi connectivity index (χ3n) is 4.54. The summed E-state index contributed by atoms with van der Waals surface area (Å²) >= 11 is 1.84. The second-order valence-electron chi connectivity index (χ2n) is 6.01. The molecule has 1 atom stereocenters. The van der Waals surface area contributed by atoms with Crippen LogP contribution in [0.25, 0.3) is 0 Å². The third-order valence-corrected chi connectivity index (χ3v) is 6.14. The standard InChI is InChI=1S/C22H20O2S/c1-23-20-15-9-8-14-19(20)21-16-24-22(25-21,17-10-4-2-5-11-17)18-12-6-3-7-13-18/h2-15,21H,16H2,1H3/t21-/m0/s1. The highest BCUT2D eigenvalue weighted by molar-refractivity contribution is 8.00. The molecular weight excluding hydrogens is 328 g/mol. The van der Waals surface area contributed by atoms with E-state index in [2.05, 4.69) is 60.7 Å². The van der Waals surface area contributed by atoms with Crippen LogP contribution in [0.5, 0.6) is 5.75 Å². The lowest BCUT2D eigenvalue weighted by molar-refractivity contribution is 0.0731. The van der Waals surface area contributed by atoms with Gasteiger partial charge in [0.1, 0.15) is 5.75 Å². The minimum Gasteiger partial charge on any atom is -0.496 e. The van der Waals surface area contributed by atoms with Crippen LogP contribution in [-0.2, 0) is 9.67 Å². The highest BCUT2D eigenvalue weighted by atomic mass is 32.2. The summed E-state index contributed by atoms with van der Waals surface area (Å²) in [4.78, 5) is -0.492. The number of hydrogen-bond acceptors (Lipinski definition) is 3. The number of benzene rings is 3. The Balaban J connectivity index is 1.77. The summed E-state index contributed by atoms with van der Waals surface area (Å²) in [5.41, 5.74) is 3.52. The second kappa shape index (κ2) is 6.95. The van der Waals surface area contributed by atoms with Gasteiger partial charge in [-0.05, 0) is 17.2 Å². The topological polar surface area (TPSA) is 18.5 Å². The second-order valence-corrected chi connectivity index (χ2v) is 7.39. The molecule has 1 aliphatic rings. The fourth-order valence-electron chi connectivity index (χ4n) is 3.33. The number of ether oxygens (including phenoxy) is 2. The Morgan fingerprint density at radius 2 is 1.40 bits per heavy atom. The molecule has 0 saturated carbocycles. The van der Waals surface area contributed by atoms with Gasteiger partial charge >= 0.3 is 0 Å². The van der Waals surface area contributed by atoms with E-state index in [9.17, 15) is 0 Å².